The van der Waals surface area contributed by atoms with E-state index in [4.69, 9.17) is 28.9 Å². The van der Waals surface area contributed by atoms with E-state index in [9.17, 15) is 4.79 Å². The summed E-state index contributed by atoms with van der Waals surface area (Å²) in [6, 6.07) is 15.7. The standard InChI is InChI=1S/C23H19Cl2FN2O/c1-28-11-16-8-18(13-2-4-14(5-3-13)23(27)29)22(26)10-17(16)19(12-28)15-6-7-20(24)21(25)9-15/h2-10,19H,11-12H2,1H3,(H2,27,29). The van der Waals surface area contributed by atoms with Crippen molar-refractivity contribution in [3.63, 3.8) is 0 Å². The summed E-state index contributed by atoms with van der Waals surface area (Å²) in [4.78, 5) is 13.5. The van der Waals surface area contributed by atoms with Gasteiger partial charge in [0.25, 0.3) is 0 Å². The highest BCUT2D eigenvalue weighted by molar-refractivity contribution is 6.42. The Morgan fingerprint density at radius 2 is 1.79 bits per heavy atom. The number of carbonyl (C=O) groups is 1. The zero-order valence-corrected chi connectivity index (χ0v) is 17.3. The monoisotopic (exact) mass is 428 g/mol. The molecule has 0 radical (unpaired) electrons. The van der Waals surface area contributed by atoms with Gasteiger partial charge in [-0.05, 0) is 65.7 Å². The number of likely N-dealkylation sites (N-methyl/N-ethyl adjacent to an activating group) is 1. The first-order valence-corrected chi connectivity index (χ1v) is 9.95. The Kier molecular flexibility index (Phi) is 5.34. The van der Waals surface area contributed by atoms with Crippen LogP contribution in [0.2, 0.25) is 10.0 Å². The van der Waals surface area contributed by atoms with E-state index in [-0.39, 0.29) is 11.7 Å². The molecule has 1 aliphatic heterocycles. The third kappa shape index (κ3) is 3.88. The maximum atomic E-state index is 15.1. The van der Waals surface area contributed by atoms with Gasteiger partial charge in [-0.25, -0.2) is 4.39 Å². The van der Waals surface area contributed by atoms with Crippen molar-refractivity contribution < 1.29 is 9.18 Å². The number of hydrogen-bond acceptors (Lipinski definition) is 2. The Morgan fingerprint density at radius 3 is 2.45 bits per heavy atom. The van der Waals surface area contributed by atoms with Gasteiger partial charge in [0.2, 0.25) is 5.91 Å². The fourth-order valence-corrected chi connectivity index (χ4v) is 4.22. The van der Waals surface area contributed by atoms with Crippen molar-refractivity contribution in [1.29, 1.82) is 0 Å². The molecular weight excluding hydrogens is 410 g/mol. The number of amides is 1. The summed E-state index contributed by atoms with van der Waals surface area (Å²) in [6.45, 7) is 1.48. The van der Waals surface area contributed by atoms with E-state index in [0.29, 0.717) is 26.7 Å². The van der Waals surface area contributed by atoms with Gasteiger partial charge >= 0.3 is 0 Å². The molecule has 4 rings (SSSR count). The average molecular weight is 429 g/mol. The van der Waals surface area contributed by atoms with Crippen LogP contribution in [0, 0.1) is 5.82 Å². The lowest BCUT2D eigenvalue weighted by atomic mass is 9.83. The molecule has 0 bridgehead atoms. The molecule has 1 amide bonds. The fraction of sp³-hybridized carbons (Fsp3) is 0.174. The molecule has 2 N–H and O–H groups in total. The lowest BCUT2D eigenvalue weighted by Crippen LogP contribution is -2.31. The molecule has 1 heterocycles. The minimum atomic E-state index is -0.506. The molecule has 148 valence electrons. The second-order valence-corrected chi connectivity index (χ2v) is 8.21. The Morgan fingerprint density at radius 1 is 1.07 bits per heavy atom. The first-order valence-electron chi connectivity index (χ1n) is 9.19. The number of primary amides is 1. The number of carbonyl (C=O) groups excluding carboxylic acids is 1. The molecule has 29 heavy (non-hydrogen) atoms. The molecule has 3 aromatic carbocycles. The summed E-state index contributed by atoms with van der Waals surface area (Å²) in [5.41, 5.74) is 9.91. The molecule has 0 spiro atoms. The zero-order valence-electron chi connectivity index (χ0n) is 15.8. The van der Waals surface area contributed by atoms with Crippen LogP contribution in [0.15, 0.2) is 54.6 Å². The molecule has 3 nitrogen and oxygen atoms in total. The van der Waals surface area contributed by atoms with Crippen molar-refractivity contribution in [3.05, 3.63) is 92.7 Å². The minimum Gasteiger partial charge on any atom is -0.366 e. The number of nitrogens with zero attached hydrogens (tertiary/aromatic N) is 1. The van der Waals surface area contributed by atoms with Crippen LogP contribution in [0.25, 0.3) is 11.1 Å². The molecule has 0 aromatic heterocycles. The predicted molar refractivity (Wildman–Crippen MR) is 115 cm³/mol. The first-order chi connectivity index (χ1) is 13.8. The van der Waals surface area contributed by atoms with Gasteiger partial charge in [-0.15, -0.1) is 0 Å². The number of rotatable bonds is 3. The van der Waals surface area contributed by atoms with Crippen LogP contribution < -0.4 is 5.73 Å². The number of hydrogen-bond donors (Lipinski definition) is 1. The van der Waals surface area contributed by atoms with Crippen molar-refractivity contribution in [1.82, 2.24) is 4.90 Å². The number of benzene rings is 3. The molecule has 0 aliphatic carbocycles. The summed E-state index contributed by atoms with van der Waals surface area (Å²) < 4.78 is 15.1. The maximum absolute atomic E-state index is 15.1. The summed E-state index contributed by atoms with van der Waals surface area (Å²) in [6.07, 6.45) is 0. The number of nitrogens with two attached hydrogens (primary N) is 1. The Balaban J connectivity index is 1.78. The molecule has 0 fully saturated rings. The van der Waals surface area contributed by atoms with Gasteiger partial charge < -0.3 is 10.6 Å². The SMILES string of the molecule is CN1Cc2cc(-c3ccc(C(N)=O)cc3)c(F)cc2C(c2ccc(Cl)c(Cl)c2)C1. The molecule has 1 unspecified atom stereocenters. The average Bonchev–Trinajstić information content (AvgIpc) is 2.69. The third-order valence-corrected chi connectivity index (χ3v) is 6.10. The second kappa shape index (κ2) is 7.79. The Hall–Kier alpha value is -2.40. The molecular formula is C23H19Cl2FN2O. The summed E-state index contributed by atoms with van der Waals surface area (Å²) in [5.74, 6) is -0.807. The van der Waals surface area contributed by atoms with E-state index in [0.717, 1.165) is 29.8 Å². The first kappa shape index (κ1) is 19.9. The number of halogens is 3. The second-order valence-electron chi connectivity index (χ2n) is 7.40. The van der Waals surface area contributed by atoms with Gasteiger partial charge in [-0.3, -0.25) is 4.79 Å². The number of fused-ring (bicyclic) bond motifs is 1. The summed E-state index contributed by atoms with van der Waals surface area (Å²) in [5, 5.41) is 0.992. The molecule has 1 aliphatic rings. The van der Waals surface area contributed by atoms with E-state index in [1.807, 2.05) is 25.2 Å². The Labute approximate surface area is 178 Å². The minimum absolute atomic E-state index is 0.000644. The molecule has 6 heteroatoms. The predicted octanol–water partition coefficient (Wildman–Crippen LogP) is 5.48. The van der Waals surface area contributed by atoms with Crippen LogP contribution in [0.5, 0.6) is 0 Å². The van der Waals surface area contributed by atoms with Crippen molar-refractivity contribution in [3.8, 4) is 11.1 Å². The van der Waals surface area contributed by atoms with E-state index >= 15 is 4.39 Å². The highest BCUT2D eigenvalue weighted by atomic mass is 35.5. The van der Waals surface area contributed by atoms with E-state index in [1.165, 1.54) is 0 Å². The fourth-order valence-electron chi connectivity index (χ4n) is 3.91. The molecule has 1 atom stereocenters. The van der Waals surface area contributed by atoms with Gasteiger partial charge in [0.1, 0.15) is 5.82 Å². The van der Waals surface area contributed by atoms with Gasteiger partial charge in [0.15, 0.2) is 0 Å². The van der Waals surface area contributed by atoms with E-state index in [1.54, 1.807) is 36.4 Å². The van der Waals surface area contributed by atoms with E-state index < -0.39 is 5.91 Å². The lowest BCUT2D eigenvalue weighted by Gasteiger charge is -2.33. The van der Waals surface area contributed by atoms with Crippen molar-refractivity contribution >= 4 is 29.1 Å². The van der Waals surface area contributed by atoms with Crippen LogP contribution in [0.3, 0.4) is 0 Å². The normalized spacial score (nSPS) is 16.5. The molecule has 0 saturated heterocycles. The quantitative estimate of drug-likeness (QED) is 0.600. The van der Waals surface area contributed by atoms with Crippen molar-refractivity contribution in [2.75, 3.05) is 13.6 Å². The van der Waals surface area contributed by atoms with Crippen LogP contribution in [-0.4, -0.2) is 24.4 Å². The van der Waals surface area contributed by atoms with Crippen LogP contribution in [0.4, 0.5) is 4.39 Å². The van der Waals surface area contributed by atoms with Crippen molar-refractivity contribution in [2.24, 2.45) is 5.73 Å². The van der Waals surface area contributed by atoms with Gasteiger partial charge in [-0.1, -0.05) is 41.4 Å². The van der Waals surface area contributed by atoms with E-state index in [2.05, 4.69) is 4.90 Å². The molecule has 0 saturated carbocycles. The van der Waals surface area contributed by atoms with Crippen LogP contribution >= 0.6 is 23.2 Å². The highest BCUT2D eigenvalue weighted by Crippen LogP contribution is 2.38. The summed E-state index contributed by atoms with van der Waals surface area (Å²) >= 11 is 12.3. The maximum Gasteiger partial charge on any atom is 0.248 e. The largest absolute Gasteiger partial charge is 0.366 e. The summed E-state index contributed by atoms with van der Waals surface area (Å²) in [7, 11) is 2.04. The topological polar surface area (TPSA) is 46.3 Å². The van der Waals surface area contributed by atoms with Crippen LogP contribution in [0.1, 0.15) is 33.0 Å². The lowest BCUT2D eigenvalue weighted by molar-refractivity contribution is 0.100. The smallest absolute Gasteiger partial charge is 0.248 e. The zero-order chi connectivity index (χ0) is 20.7. The highest BCUT2D eigenvalue weighted by Gasteiger charge is 2.27. The van der Waals surface area contributed by atoms with Gasteiger partial charge in [-0.2, -0.15) is 0 Å². The van der Waals surface area contributed by atoms with Crippen LogP contribution in [-0.2, 0) is 6.54 Å². The Bertz CT molecular complexity index is 1100. The van der Waals surface area contributed by atoms with Gasteiger partial charge in [0, 0.05) is 30.1 Å². The van der Waals surface area contributed by atoms with Gasteiger partial charge in [0.05, 0.1) is 10.0 Å². The van der Waals surface area contributed by atoms with Crippen molar-refractivity contribution in [2.45, 2.75) is 12.5 Å². The third-order valence-electron chi connectivity index (χ3n) is 5.37. The molecule has 3 aromatic rings.